The third-order valence-electron chi connectivity index (χ3n) is 3.91. The number of nitrogens with zero attached hydrogens (tertiary/aromatic N) is 3. The van der Waals surface area contributed by atoms with Crippen LogP contribution in [0.25, 0.3) is 11.3 Å². The fourth-order valence-corrected chi connectivity index (χ4v) is 2.64. The summed E-state index contributed by atoms with van der Waals surface area (Å²) in [7, 11) is 0. The van der Waals surface area contributed by atoms with Crippen molar-refractivity contribution in [3.8, 4) is 11.3 Å². The maximum atomic E-state index is 4.69. The summed E-state index contributed by atoms with van der Waals surface area (Å²) in [6, 6.07) is 6.49. The van der Waals surface area contributed by atoms with Crippen LogP contribution < -0.4 is 10.6 Å². The Morgan fingerprint density at radius 2 is 2.05 bits per heavy atom. The van der Waals surface area contributed by atoms with Crippen LogP contribution in [0.2, 0.25) is 0 Å². The highest BCUT2D eigenvalue weighted by Gasteiger charge is 2.15. The van der Waals surface area contributed by atoms with Crippen molar-refractivity contribution in [1.29, 1.82) is 0 Å². The first-order chi connectivity index (χ1) is 10.7. The zero-order chi connectivity index (χ0) is 15.4. The molecule has 5 nitrogen and oxygen atoms in total. The normalized spacial score (nSPS) is 16.0. The minimum absolute atomic E-state index is 0.296. The molecular weight excluding hydrogens is 274 g/mol. The topological polar surface area (TPSA) is 62.7 Å². The first-order valence-electron chi connectivity index (χ1n) is 7.99. The van der Waals surface area contributed by atoms with E-state index in [1.54, 1.807) is 6.20 Å². The predicted octanol–water partition coefficient (Wildman–Crippen LogP) is 2.83. The van der Waals surface area contributed by atoms with Crippen LogP contribution in [0.15, 0.2) is 30.6 Å². The van der Waals surface area contributed by atoms with Gasteiger partial charge in [0.05, 0.1) is 5.69 Å². The van der Waals surface area contributed by atoms with Gasteiger partial charge < -0.3 is 10.6 Å². The van der Waals surface area contributed by atoms with Crippen LogP contribution in [0, 0.1) is 0 Å². The first-order valence-corrected chi connectivity index (χ1v) is 7.99. The quantitative estimate of drug-likeness (QED) is 0.908. The van der Waals surface area contributed by atoms with Gasteiger partial charge in [0.15, 0.2) is 0 Å². The van der Waals surface area contributed by atoms with Crippen molar-refractivity contribution in [1.82, 2.24) is 20.3 Å². The van der Waals surface area contributed by atoms with E-state index in [9.17, 15) is 0 Å². The maximum Gasteiger partial charge on any atom is 0.133 e. The predicted molar refractivity (Wildman–Crippen MR) is 88.9 cm³/mol. The van der Waals surface area contributed by atoms with Crippen LogP contribution >= 0.6 is 0 Å². The molecule has 0 atom stereocenters. The molecule has 1 aliphatic rings. The summed E-state index contributed by atoms with van der Waals surface area (Å²) >= 11 is 0. The van der Waals surface area contributed by atoms with Crippen molar-refractivity contribution < 1.29 is 0 Å². The number of pyridine rings is 1. The van der Waals surface area contributed by atoms with E-state index in [1.165, 1.54) is 0 Å². The molecule has 0 bridgehead atoms. The summed E-state index contributed by atoms with van der Waals surface area (Å²) in [6.07, 6.45) is 5.88. The third-order valence-corrected chi connectivity index (χ3v) is 3.91. The second kappa shape index (κ2) is 6.83. The molecule has 3 rings (SSSR count). The fourth-order valence-electron chi connectivity index (χ4n) is 2.64. The second-order valence-corrected chi connectivity index (χ2v) is 6.06. The Kier molecular flexibility index (Phi) is 4.63. The van der Waals surface area contributed by atoms with E-state index < -0.39 is 0 Å². The van der Waals surface area contributed by atoms with E-state index in [1.807, 2.05) is 24.4 Å². The van der Waals surface area contributed by atoms with Gasteiger partial charge in [0, 0.05) is 36.0 Å². The average Bonchev–Trinajstić information content (AvgIpc) is 2.56. The number of hydrogen-bond donors (Lipinski definition) is 2. The van der Waals surface area contributed by atoms with Gasteiger partial charge in [0.25, 0.3) is 0 Å². The van der Waals surface area contributed by atoms with Crippen molar-refractivity contribution in [3.05, 3.63) is 36.4 Å². The fraction of sp³-hybridized carbons (Fsp3) is 0.471. The zero-order valence-electron chi connectivity index (χ0n) is 13.2. The van der Waals surface area contributed by atoms with Gasteiger partial charge in [0.1, 0.15) is 11.6 Å². The first kappa shape index (κ1) is 14.9. The van der Waals surface area contributed by atoms with Gasteiger partial charge >= 0.3 is 0 Å². The molecule has 5 heteroatoms. The Bertz CT molecular complexity index is 606. The average molecular weight is 297 g/mol. The lowest BCUT2D eigenvalue weighted by atomic mass is 10.1. The highest BCUT2D eigenvalue weighted by molar-refractivity contribution is 5.61. The van der Waals surface area contributed by atoms with Crippen LogP contribution in [0.3, 0.4) is 0 Å². The maximum absolute atomic E-state index is 4.69. The number of hydrogen-bond acceptors (Lipinski definition) is 5. The Morgan fingerprint density at radius 3 is 2.73 bits per heavy atom. The van der Waals surface area contributed by atoms with Crippen molar-refractivity contribution >= 4 is 5.82 Å². The summed E-state index contributed by atoms with van der Waals surface area (Å²) in [6.45, 7) is 6.37. The molecule has 22 heavy (non-hydrogen) atoms. The minimum Gasteiger partial charge on any atom is -0.367 e. The Morgan fingerprint density at radius 1 is 1.23 bits per heavy atom. The van der Waals surface area contributed by atoms with E-state index in [4.69, 9.17) is 4.98 Å². The van der Waals surface area contributed by atoms with Gasteiger partial charge in [-0.2, -0.15) is 0 Å². The standard InChI is InChI=1S/C17H23N5/c1-12(2)17-21-15(13-4-3-7-19-11-13)10-16(22-17)20-14-5-8-18-9-6-14/h3-4,7,10-12,14,18H,5-6,8-9H2,1-2H3,(H,20,21,22). The summed E-state index contributed by atoms with van der Waals surface area (Å²) in [5.74, 6) is 2.09. The van der Waals surface area contributed by atoms with E-state index in [0.717, 1.165) is 48.8 Å². The highest BCUT2D eigenvalue weighted by atomic mass is 15.1. The van der Waals surface area contributed by atoms with Crippen molar-refractivity contribution in [3.63, 3.8) is 0 Å². The lowest BCUT2D eigenvalue weighted by Gasteiger charge is -2.24. The van der Waals surface area contributed by atoms with E-state index in [-0.39, 0.29) is 0 Å². The molecule has 2 N–H and O–H groups in total. The van der Waals surface area contributed by atoms with Gasteiger partial charge in [-0.05, 0) is 38.1 Å². The van der Waals surface area contributed by atoms with Crippen molar-refractivity contribution in [2.24, 2.45) is 0 Å². The van der Waals surface area contributed by atoms with Gasteiger partial charge in [-0.25, -0.2) is 9.97 Å². The number of aromatic nitrogens is 3. The van der Waals surface area contributed by atoms with E-state index >= 15 is 0 Å². The van der Waals surface area contributed by atoms with E-state index in [2.05, 4.69) is 34.4 Å². The van der Waals surface area contributed by atoms with Gasteiger partial charge in [-0.15, -0.1) is 0 Å². The summed E-state index contributed by atoms with van der Waals surface area (Å²) in [5, 5.41) is 6.96. The van der Waals surface area contributed by atoms with Gasteiger partial charge in [0.2, 0.25) is 0 Å². The number of rotatable bonds is 4. The molecule has 1 saturated heterocycles. The molecule has 0 saturated carbocycles. The molecule has 2 aromatic rings. The zero-order valence-corrected chi connectivity index (χ0v) is 13.2. The Labute approximate surface area is 131 Å². The SMILES string of the molecule is CC(C)c1nc(NC2CCNCC2)cc(-c2cccnc2)n1. The van der Waals surface area contributed by atoms with Gasteiger partial charge in [-0.3, -0.25) is 4.98 Å². The van der Waals surface area contributed by atoms with Crippen LogP contribution in [0.4, 0.5) is 5.82 Å². The minimum atomic E-state index is 0.296. The molecule has 0 radical (unpaired) electrons. The lowest BCUT2D eigenvalue weighted by molar-refractivity contribution is 0.478. The molecule has 0 spiro atoms. The van der Waals surface area contributed by atoms with E-state index in [0.29, 0.717) is 12.0 Å². The molecule has 116 valence electrons. The lowest BCUT2D eigenvalue weighted by Crippen LogP contribution is -2.35. The molecule has 1 aliphatic heterocycles. The second-order valence-electron chi connectivity index (χ2n) is 6.06. The van der Waals surface area contributed by atoms with Crippen LogP contribution in [0.1, 0.15) is 38.4 Å². The molecule has 0 amide bonds. The molecule has 2 aromatic heterocycles. The van der Waals surface area contributed by atoms with Crippen molar-refractivity contribution in [2.45, 2.75) is 38.6 Å². The van der Waals surface area contributed by atoms with Crippen LogP contribution in [-0.2, 0) is 0 Å². The number of anilines is 1. The third kappa shape index (κ3) is 3.60. The Balaban J connectivity index is 1.90. The van der Waals surface area contributed by atoms with Crippen LogP contribution in [-0.4, -0.2) is 34.1 Å². The largest absolute Gasteiger partial charge is 0.367 e. The highest BCUT2D eigenvalue weighted by Crippen LogP contribution is 2.23. The molecule has 0 aliphatic carbocycles. The molecule has 0 aromatic carbocycles. The number of piperidine rings is 1. The molecule has 3 heterocycles. The monoisotopic (exact) mass is 297 g/mol. The molecular formula is C17H23N5. The summed E-state index contributed by atoms with van der Waals surface area (Å²) in [4.78, 5) is 13.6. The summed E-state index contributed by atoms with van der Waals surface area (Å²) in [5.41, 5.74) is 1.96. The van der Waals surface area contributed by atoms with Gasteiger partial charge in [-0.1, -0.05) is 13.8 Å². The van der Waals surface area contributed by atoms with Crippen molar-refractivity contribution in [2.75, 3.05) is 18.4 Å². The number of nitrogens with one attached hydrogen (secondary N) is 2. The Hall–Kier alpha value is -2.01. The summed E-state index contributed by atoms with van der Waals surface area (Å²) < 4.78 is 0. The molecule has 1 fully saturated rings. The van der Waals surface area contributed by atoms with Crippen LogP contribution in [0.5, 0.6) is 0 Å². The smallest absolute Gasteiger partial charge is 0.133 e. The molecule has 0 unspecified atom stereocenters.